The zero-order valence-corrected chi connectivity index (χ0v) is 19.0. The SMILES string of the molecule is CCNc1cc(N2CCN(S(=O)(=O)c3ccc(Oc4ccccc4)cc3)CC2)nc(C)n1. The lowest BCUT2D eigenvalue weighted by Crippen LogP contribution is -2.49. The van der Waals surface area contributed by atoms with E-state index in [0.717, 1.165) is 18.2 Å². The molecule has 9 heteroatoms. The lowest BCUT2D eigenvalue weighted by molar-refractivity contribution is 0.383. The number of aromatic nitrogens is 2. The Morgan fingerprint density at radius 2 is 1.59 bits per heavy atom. The number of anilines is 2. The van der Waals surface area contributed by atoms with Gasteiger partial charge in [-0.15, -0.1) is 0 Å². The molecule has 4 rings (SSSR count). The van der Waals surface area contributed by atoms with Gasteiger partial charge in [0, 0.05) is 38.8 Å². The summed E-state index contributed by atoms with van der Waals surface area (Å²) in [5.74, 6) is 3.58. The van der Waals surface area contributed by atoms with Gasteiger partial charge < -0.3 is 15.0 Å². The first-order valence-electron chi connectivity index (χ1n) is 10.6. The molecular weight excluding hydrogens is 426 g/mol. The molecule has 0 saturated carbocycles. The van der Waals surface area contributed by atoms with Gasteiger partial charge in [-0.05, 0) is 50.2 Å². The van der Waals surface area contributed by atoms with Crippen molar-refractivity contribution in [1.82, 2.24) is 14.3 Å². The van der Waals surface area contributed by atoms with Crippen molar-refractivity contribution in [1.29, 1.82) is 0 Å². The van der Waals surface area contributed by atoms with Gasteiger partial charge in [-0.2, -0.15) is 4.31 Å². The molecule has 8 nitrogen and oxygen atoms in total. The van der Waals surface area contributed by atoms with E-state index in [9.17, 15) is 8.42 Å². The number of ether oxygens (including phenoxy) is 1. The highest BCUT2D eigenvalue weighted by Gasteiger charge is 2.29. The monoisotopic (exact) mass is 453 g/mol. The number of sulfonamides is 1. The molecular formula is C23H27N5O3S. The van der Waals surface area contributed by atoms with Crippen LogP contribution in [0.1, 0.15) is 12.7 Å². The van der Waals surface area contributed by atoms with Crippen LogP contribution < -0.4 is 15.0 Å². The van der Waals surface area contributed by atoms with Crippen LogP contribution in [0, 0.1) is 6.92 Å². The van der Waals surface area contributed by atoms with E-state index in [1.807, 2.05) is 50.2 Å². The van der Waals surface area contributed by atoms with E-state index >= 15 is 0 Å². The summed E-state index contributed by atoms with van der Waals surface area (Å²) in [6.07, 6.45) is 0. The van der Waals surface area contributed by atoms with Crippen LogP contribution in [-0.4, -0.2) is 55.4 Å². The van der Waals surface area contributed by atoms with Crippen LogP contribution >= 0.6 is 0 Å². The fourth-order valence-corrected chi connectivity index (χ4v) is 5.02. The average molecular weight is 454 g/mol. The molecule has 1 saturated heterocycles. The second kappa shape index (κ2) is 9.54. The number of aryl methyl sites for hydroxylation is 1. The Morgan fingerprint density at radius 3 is 2.25 bits per heavy atom. The predicted octanol–water partition coefficient (Wildman–Crippen LogP) is 3.52. The Morgan fingerprint density at radius 1 is 0.938 bits per heavy atom. The summed E-state index contributed by atoms with van der Waals surface area (Å²) in [7, 11) is -3.58. The minimum atomic E-state index is -3.58. The summed E-state index contributed by atoms with van der Waals surface area (Å²) in [5.41, 5.74) is 0. The molecule has 168 valence electrons. The molecule has 32 heavy (non-hydrogen) atoms. The van der Waals surface area contributed by atoms with Gasteiger partial charge in [-0.25, -0.2) is 18.4 Å². The standard InChI is InChI=1S/C23H27N5O3S/c1-3-24-22-17-23(26-18(2)25-22)27-13-15-28(16-14-27)32(29,30)21-11-9-20(10-12-21)31-19-7-5-4-6-8-19/h4-12,17H,3,13-16H2,1-2H3,(H,24,25,26). The molecule has 1 aliphatic rings. The molecule has 1 aliphatic heterocycles. The smallest absolute Gasteiger partial charge is 0.243 e. The van der Waals surface area contributed by atoms with Crippen molar-refractivity contribution in [2.45, 2.75) is 18.7 Å². The largest absolute Gasteiger partial charge is 0.457 e. The molecule has 2 heterocycles. The molecule has 0 aliphatic carbocycles. The van der Waals surface area contributed by atoms with Crippen molar-refractivity contribution in [3.63, 3.8) is 0 Å². The van der Waals surface area contributed by atoms with Gasteiger partial charge in [0.15, 0.2) is 0 Å². The van der Waals surface area contributed by atoms with Crippen LogP contribution in [0.5, 0.6) is 11.5 Å². The van der Waals surface area contributed by atoms with E-state index in [4.69, 9.17) is 4.74 Å². The molecule has 0 amide bonds. The van der Waals surface area contributed by atoms with E-state index in [2.05, 4.69) is 20.2 Å². The van der Waals surface area contributed by atoms with Gasteiger partial charge >= 0.3 is 0 Å². The lowest BCUT2D eigenvalue weighted by Gasteiger charge is -2.34. The molecule has 1 fully saturated rings. The summed E-state index contributed by atoms with van der Waals surface area (Å²) in [6.45, 7) is 6.57. The number of nitrogens with one attached hydrogen (secondary N) is 1. The number of hydrogen-bond donors (Lipinski definition) is 1. The van der Waals surface area contributed by atoms with Gasteiger partial charge in [0.25, 0.3) is 0 Å². The second-order valence-electron chi connectivity index (χ2n) is 7.47. The highest BCUT2D eigenvalue weighted by Crippen LogP contribution is 2.25. The van der Waals surface area contributed by atoms with E-state index in [1.165, 1.54) is 4.31 Å². The third kappa shape index (κ3) is 5.00. The van der Waals surface area contributed by atoms with Crippen LogP contribution in [0.15, 0.2) is 65.6 Å². The van der Waals surface area contributed by atoms with Gasteiger partial charge in [-0.1, -0.05) is 18.2 Å². The topological polar surface area (TPSA) is 87.7 Å². The number of nitrogens with zero attached hydrogens (tertiary/aromatic N) is 4. The lowest BCUT2D eigenvalue weighted by atomic mass is 10.3. The summed E-state index contributed by atoms with van der Waals surface area (Å²) >= 11 is 0. The second-order valence-corrected chi connectivity index (χ2v) is 9.40. The van der Waals surface area contributed by atoms with Gasteiger partial charge in [0.2, 0.25) is 10.0 Å². The number of para-hydroxylation sites is 1. The highest BCUT2D eigenvalue weighted by molar-refractivity contribution is 7.89. The van der Waals surface area contributed by atoms with Crippen molar-refractivity contribution in [3.05, 3.63) is 66.5 Å². The maximum absolute atomic E-state index is 13.1. The van der Waals surface area contributed by atoms with Crippen molar-refractivity contribution in [2.24, 2.45) is 0 Å². The molecule has 0 atom stereocenters. The Balaban J connectivity index is 1.41. The van der Waals surface area contributed by atoms with Crippen molar-refractivity contribution in [2.75, 3.05) is 42.9 Å². The van der Waals surface area contributed by atoms with Gasteiger partial charge in [-0.3, -0.25) is 0 Å². The summed E-state index contributed by atoms with van der Waals surface area (Å²) in [6, 6.07) is 17.9. The summed E-state index contributed by atoms with van der Waals surface area (Å²) in [4.78, 5) is 11.3. The fraction of sp³-hybridized carbons (Fsp3) is 0.304. The van der Waals surface area contributed by atoms with Crippen molar-refractivity contribution < 1.29 is 13.2 Å². The number of hydrogen-bond acceptors (Lipinski definition) is 7. The minimum absolute atomic E-state index is 0.263. The molecule has 0 spiro atoms. The minimum Gasteiger partial charge on any atom is -0.457 e. The molecule has 3 aromatic rings. The Bertz CT molecular complexity index is 1150. The molecule has 0 unspecified atom stereocenters. The normalized spacial score (nSPS) is 14.9. The zero-order valence-electron chi connectivity index (χ0n) is 18.2. The zero-order chi connectivity index (χ0) is 22.6. The average Bonchev–Trinajstić information content (AvgIpc) is 2.80. The third-order valence-corrected chi connectivity index (χ3v) is 7.10. The molecule has 0 radical (unpaired) electrons. The number of benzene rings is 2. The Labute approximate surface area is 188 Å². The first kappa shape index (κ1) is 22.0. The van der Waals surface area contributed by atoms with Gasteiger partial charge in [0.1, 0.15) is 29.0 Å². The maximum Gasteiger partial charge on any atom is 0.243 e. The first-order chi connectivity index (χ1) is 15.5. The van der Waals surface area contributed by atoms with Gasteiger partial charge in [0.05, 0.1) is 4.90 Å². The molecule has 2 aromatic carbocycles. The summed E-state index contributed by atoms with van der Waals surface area (Å²) in [5, 5.41) is 3.21. The molecule has 1 N–H and O–H groups in total. The van der Waals surface area contributed by atoms with E-state index in [1.54, 1.807) is 24.3 Å². The Hall–Kier alpha value is -3.17. The highest BCUT2D eigenvalue weighted by atomic mass is 32.2. The molecule has 0 bridgehead atoms. The summed E-state index contributed by atoms with van der Waals surface area (Å²) < 4.78 is 33.5. The predicted molar refractivity (Wildman–Crippen MR) is 125 cm³/mol. The van der Waals surface area contributed by atoms with E-state index in [-0.39, 0.29) is 4.90 Å². The number of piperazine rings is 1. The van der Waals surface area contributed by atoms with Crippen LogP contribution in [0.2, 0.25) is 0 Å². The van der Waals surface area contributed by atoms with Crippen LogP contribution in [0.3, 0.4) is 0 Å². The fourth-order valence-electron chi connectivity index (χ4n) is 3.60. The van der Waals surface area contributed by atoms with Crippen LogP contribution in [0.4, 0.5) is 11.6 Å². The van der Waals surface area contributed by atoms with Crippen LogP contribution in [0.25, 0.3) is 0 Å². The quantitative estimate of drug-likeness (QED) is 0.586. The third-order valence-electron chi connectivity index (χ3n) is 5.19. The Kier molecular flexibility index (Phi) is 6.57. The van der Waals surface area contributed by atoms with Crippen molar-refractivity contribution >= 4 is 21.7 Å². The van der Waals surface area contributed by atoms with Crippen LogP contribution in [-0.2, 0) is 10.0 Å². The molecule has 1 aromatic heterocycles. The van der Waals surface area contributed by atoms with E-state index in [0.29, 0.717) is 43.5 Å². The van der Waals surface area contributed by atoms with E-state index < -0.39 is 10.0 Å². The first-order valence-corrected chi connectivity index (χ1v) is 12.1. The van der Waals surface area contributed by atoms with Crippen molar-refractivity contribution in [3.8, 4) is 11.5 Å². The maximum atomic E-state index is 13.1. The number of rotatable bonds is 7.